The molecule has 104 valence electrons. The van der Waals surface area contributed by atoms with Gasteiger partial charge in [0.05, 0.1) is 10.5 Å². The van der Waals surface area contributed by atoms with Crippen molar-refractivity contribution in [2.45, 2.75) is 44.9 Å². The van der Waals surface area contributed by atoms with Gasteiger partial charge in [0, 0.05) is 31.3 Å². The van der Waals surface area contributed by atoms with Gasteiger partial charge in [-0.1, -0.05) is 12.1 Å². The van der Waals surface area contributed by atoms with Crippen LogP contribution in [0.15, 0.2) is 24.3 Å². The number of nitro groups is 1. The van der Waals surface area contributed by atoms with E-state index in [0.29, 0.717) is 12.6 Å². The highest BCUT2D eigenvalue weighted by Gasteiger charge is 2.28. The third-order valence-corrected chi connectivity index (χ3v) is 3.41. The predicted molar refractivity (Wildman–Crippen MR) is 73.0 cm³/mol. The number of rotatable bonds is 4. The molecule has 0 aliphatic carbocycles. The number of nitrogens with zero attached hydrogens (tertiary/aromatic N) is 1. The highest BCUT2D eigenvalue weighted by Crippen LogP contribution is 2.24. The molecule has 0 saturated carbocycles. The molecule has 0 radical (unpaired) electrons. The van der Waals surface area contributed by atoms with E-state index in [9.17, 15) is 10.1 Å². The van der Waals surface area contributed by atoms with Crippen LogP contribution >= 0.6 is 0 Å². The van der Waals surface area contributed by atoms with E-state index in [0.717, 1.165) is 25.0 Å². The topological polar surface area (TPSA) is 64.4 Å². The summed E-state index contributed by atoms with van der Waals surface area (Å²) in [4.78, 5) is 10.4. The lowest BCUT2D eigenvalue weighted by molar-refractivity contribution is -0.384. The van der Waals surface area contributed by atoms with E-state index >= 15 is 0 Å². The molecule has 1 aromatic rings. The van der Waals surface area contributed by atoms with Crippen molar-refractivity contribution in [1.29, 1.82) is 0 Å². The third-order valence-electron chi connectivity index (χ3n) is 3.41. The van der Waals surface area contributed by atoms with Gasteiger partial charge in [0.25, 0.3) is 5.69 Å². The molecule has 1 unspecified atom stereocenters. The Bertz CT molecular complexity index is 460. The fraction of sp³-hybridized carbons (Fsp3) is 0.571. The molecule has 0 spiro atoms. The summed E-state index contributed by atoms with van der Waals surface area (Å²) < 4.78 is 5.67. The number of ether oxygens (including phenoxy) is 1. The second-order valence-corrected chi connectivity index (χ2v) is 5.61. The van der Waals surface area contributed by atoms with Crippen molar-refractivity contribution in [3.63, 3.8) is 0 Å². The molecule has 1 N–H and O–H groups in total. The summed E-state index contributed by atoms with van der Waals surface area (Å²) in [6.07, 6.45) is 1.94. The van der Waals surface area contributed by atoms with Crippen molar-refractivity contribution in [1.82, 2.24) is 5.32 Å². The Morgan fingerprint density at radius 2 is 2.32 bits per heavy atom. The molecule has 1 fully saturated rings. The fourth-order valence-corrected chi connectivity index (χ4v) is 2.45. The van der Waals surface area contributed by atoms with Crippen LogP contribution in [0.1, 0.15) is 32.3 Å². The van der Waals surface area contributed by atoms with Gasteiger partial charge in [0.15, 0.2) is 0 Å². The van der Waals surface area contributed by atoms with Crippen molar-refractivity contribution in [3.05, 3.63) is 39.9 Å². The zero-order chi connectivity index (χ0) is 13.9. The zero-order valence-corrected chi connectivity index (χ0v) is 11.4. The van der Waals surface area contributed by atoms with Gasteiger partial charge in [0.2, 0.25) is 0 Å². The maximum Gasteiger partial charge on any atom is 0.269 e. The van der Waals surface area contributed by atoms with Gasteiger partial charge >= 0.3 is 0 Å². The molecule has 1 heterocycles. The van der Waals surface area contributed by atoms with E-state index in [4.69, 9.17) is 4.74 Å². The molecule has 0 aromatic heterocycles. The average molecular weight is 264 g/mol. The molecule has 5 heteroatoms. The highest BCUT2D eigenvalue weighted by molar-refractivity contribution is 5.34. The van der Waals surface area contributed by atoms with Crippen LogP contribution in [0, 0.1) is 10.1 Å². The van der Waals surface area contributed by atoms with Crippen molar-refractivity contribution in [2.75, 3.05) is 6.61 Å². The van der Waals surface area contributed by atoms with Crippen molar-refractivity contribution in [3.8, 4) is 0 Å². The highest BCUT2D eigenvalue weighted by atomic mass is 16.6. The van der Waals surface area contributed by atoms with Gasteiger partial charge in [-0.05, 0) is 32.3 Å². The van der Waals surface area contributed by atoms with E-state index in [1.807, 2.05) is 6.07 Å². The zero-order valence-electron chi connectivity index (χ0n) is 11.4. The van der Waals surface area contributed by atoms with Gasteiger partial charge in [-0.2, -0.15) is 0 Å². The van der Waals surface area contributed by atoms with Crippen LogP contribution < -0.4 is 5.32 Å². The monoisotopic (exact) mass is 264 g/mol. The summed E-state index contributed by atoms with van der Waals surface area (Å²) in [7, 11) is 0. The summed E-state index contributed by atoms with van der Waals surface area (Å²) in [5, 5.41) is 14.2. The van der Waals surface area contributed by atoms with Crippen molar-refractivity contribution in [2.24, 2.45) is 0 Å². The Labute approximate surface area is 113 Å². The first-order chi connectivity index (χ1) is 8.96. The second-order valence-electron chi connectivity index (χ2n) is 5.61. The van der Waals surface area contributed by atoms with Crippen LogP contribution in [0.25, 0.3) is 0 Å². The number of nitro benzene ring substituents is 1. The molecule has 1 atom stereocenters. The molecule has 2 rings (SSSR count). The van der Waals surface area contributed by atoms with Crippen LogP contribution in [-0.2, 0) is 11.3 Å². The van der Waals surface area contributed by atoms with Crippen LogP contribution in [0.5, 0.6) is 0 Å². The largest absolute Gasteiger partial charge is 0.375 e. The summed E-state index contributed by atoms with van der Waals surface area (Å²) in [5.74, 6) is 0. The minimum absolute atomic E-state index is 0.0847. The van der Waals surface area contributed by atoms with Gasteiger partial charge < -0.3 is 10.1 Å². The average Bonchev–Trinajstić information content (AvgIpc) is 2.35. The number of hydrogen-bond donors (Lipinski definition) is 1. The summed E-state index contributed by atoms with van der Waals surface area (Å²) in [5.41, 5.74) is 1.00. The Morgan fingerprint density at radius 3 is 3.00 bits per heavy atom. The lowest BCUT2D eigenvalue weighted by Gasteiger charge is -2.36. The standard InChI is InChI=1S/C14H20N2O3/c1-14(2)9-12(6-7-19-14)15-10-11-4-3-5-13(8-11)16(17)18/h3-5,8,12,15H,6-7,9-10H2,1-2H3. The Kier molecular flexibility index (Phi) is 4.17. The van der Waals surface area contributed by atoms with E-state index in [2.05, 4.69) is 19.2 Å². The molecule has 0 amide bonds. The summed E-state index contributed by atoms with van der Waals surface area (Å²) in [6.45, 7) is 5.60. The van der Waals surface area contributed by atoms with E-state index in [-0.39, 0.29) is 16.2 Å². The van der Waals surface area contributed by atoms with Gasteiger partial charge in [-0.3, -0.25) is 10.1 Å². The molecule has 1 aliphatic rings. The lowest BCUT2D eigenvalue weighted by atomic mass is 9.94. The van der Waals surface area contributed by atoms with E-state index in [1.54, 1.807) is 12.1 Å². The van der Waals surface area contributed by atoms with Crippen molar-refractivity contribution >= 4 is 5.69 Å². The maximum atomic E-state index is 10.7. The first kappa shape index (κ1) is 14.0. The number of non-ortho nitro benzene ring substituents is 1. The lowest BCUT2D eigenvalue weighted by Crippen LogP contribution is -2.43. The minimum Gasteiger partial charge on any atom is -0.375 e. The Balaban J connectivity index is 1.91. The Morgan fingerprint density at radius 1 is 1.53 bits per heavy atom. The van der Waals surface area contributed by atoms with Crippen LogP contribution in [0.4, 0.5) is 5.69 Å². The number of nitrogens with one attached hydrogen (secondary N) is 1. The molecule has 5 nitrogen and oxygen atoms in total. The fourth-order valence-electron chi connectivity index (χ4n) is 2.45. The molecular formula is C14H20N2O3. The quantitative estimate of drug-likeness (QED) is 0.670. The first-order valence-corrected chi connectivity index (χ1v) is 6.57. The third kappa shape index (κ3) is 4.01. The molecule has 1 saturated heterocycles. The second kappa shape index (κ2) is 5.67. The molecule has 1 aromatic carbocycles. The van der Waals surface area contributed by atoms with Crippen LogP contribution in [-0.4, -0.2) is 23.2 Å². The Hall–Kier alpha value is -1.46. The molecule has 0 bridgehead atoms. The van der Waals surface area contributed by atoms with Gasteiger partial charge in [-0.25, -0.2) is 0 Å². The SMILES string of the molecule is CC1(C)CC(NCc2cccc([N+](=O)[O-])c2)CCO1. The smallest absolute Gasteiger partial charge is 0.269 e. The van der Waals surface area contributed by atoms with E-state index in [1.165, 1.54) is 6.07 Å². The molecule has 19 heavy (non-hydrogen) atoms. The number of benzene rings is 1. The van der Waals surface area contributed by atoms with Crippen LogP contribution in [0.3, 0.4) is 0 Å². The molecule has 1 aliphatic heterocycles. The van der Waals surface area contributed by atoms with Gasteiger partial charge in [-0.15, -0.1) is 0 Å². The summed E-state index contributed by atoms with van der Waals surface area (Å²) >= 11 is 0. The van der Waals surface area contributed by atoms with Gasteiger partial charge in [0.1, 0.15) is 0 Å². The van der Waals surface area contributed by atoms with Crippen molar-refractivity contribution < 1.29 is 9.66 Å². The summed E-state index contributed by atoms with van der Waals surface area (Å²) in [6, 6.07) is 7.18. The minimum atomic E-state index is -0.360. The molecular weight excluding hydrogens is 244 g/mol. The number of hydrogen-bond acceptors (Lipinski definition) is 4. The first-order valence-electron chi connectivity index (χ1n) is 6.57. The van der Waals surface area contributed by atoms with E-state index < -0.39 is 0 Å². The predicted octanol–water partition coefficient (Wildman–Crippen LogP) is 2.64. The normalized spacial score (nSPS) is 22.1. The maximum absolute atomic E-state index is 10.7. The van der Waals surface area contributed by atoms with Crippen LogP contribution in [0.2, 0.25) is 0 Å².